The van der Waals surface area contributed by atoms with Crippen LogP contribution in [-0.4, -0.2) is 37.5 Å². The summed E-state index contributed by atoms with van der Waals surface area (Å²) in [6, 6.07) is 8.11. The second-order valence-corrected chi connectivity index (χ2v) is 5.98. The molecule has 0 aromatic heterocycles. The molecule has 10 heteroatoms. The summed E-state index contributed by atoms with van der Waals surface area (Å²) in [6.07, 6.45) is 0.0534. The lowest BCUT2D eigenvalue weighted by molar-refractivity contribution is -0.146. The van der Waals surface area contributed by atoms with Gasteiger partial charge in [-0.05, 0) is 24.3 Å². The van der Waals surface area contributed by atoms with Crippen LogP contribution < -0.4 is 15.0 Å². The Kier molecular flexibility index (Phi) is 6.01. The Morgan fingerprint density at radius 1 is 1.10 bits per heavy atom. The number of nitrogens with one attached hydrogen (secondary N) is 1. The fraction of sp³-hybridized carbons (Fsp3) is 0.211. The highest BCUT2D eigenvalue weighted by Crippen LogP contribution is 2.30. The van der Waals surface area contributed by atoms with Crippen molar-refractivity contribution in [1.29, 1.82) is 0 Å². The molecule has 0 saturated heterocycles. The first-order chi connectivity index (χ1) is 13.9. The third-order valence-corrected chi connectivity index (χ3v) is 3.99. The van der Waals surface area contributed by atoms with Crippen molar-refractivity contribution >= 4 is 29.2 Å². The van der Waals surface area contributed by atoms with Crippen LogP contribution in [0.3, 0.4) is 0 Å². The van der Waals surface area contributed by atoms with E-state index in [1.165, 1.54) is 4.90 Å². The van der Waals surface area contributed by atoms with Crippen molar-refractivity contribution in [2.75, 3.05) is 30.0 Å². The average molecular weight is 408 g/mol. The summed E-state index contributed by atoms with van der Waals surface area (Å²) in [5.74, 6) is -6.50. The van der Waals surface area contributed by atoms with E-state index in [4.69, 9.17) is 9.47 Å². The zero-order valence-electron chi connectivity index (χ0n) is 14.9. The van der Waals surface area contributed by atoms with Crippen LogP contribution in [0, 0.1) is 17.5 Å². The van der Waals surface area contributed by atoms with Gasteiger partial charge in [0.25, 0.3) is 5.91 Å². The third kappa shape index (κ3) is 4.65. The lowest BCUT2D eigenvalue weighted by Gasteiger charge is -2.20. The molecule has 1 heterocycles. The molecule has 2 aromatic carbocycles. The number of fused-ring (bicyclic) bond motifs is 1. The molecule has 0 fully saturated rings. The Balaban J connectivity index is 1.59. The van der Waals surface area contributed by atoms with E-state index >= 15 is 0 Å². The molecule has 29 heavy (non-hydrogen) atoms. The van der Waals surface area contributed by atoms with Gasteiger partial charge in [0.1, 0.15) is 12.3 Å². The minimum absolute atomic E-state index is 0.0534. The third-order valence-electron chi connectivity index (χ3n) is 3.99. The number of esters is 1. The van der Waals surface area contributed by atoms with Crippen molar-refractivity contribution in [3.05, 3.63) is 53.8 Å². The van der Waals surface area contributed by atoms with Gasteiger partial charge in [-0.1, -0.05) is 12.1 Å². The Labute approximate surface area is 163 Å². The van der Waals surface area contributed by atoms with E-state index in [0.717, 1.165) is 6.07 Å². The second kappa shape index (κ2) is 8.63. The van der Waals surface area contributed by atoms with Crippen LogP contribution >= 0.6 is 0 Å². The lowest BCUT2D eigenvalue weighted by Crippen LogP contribution is -2.37. The van der Waals surface area contributed by atoms with Crippen molar-refractivity contribution in [3.63, 3.8) is 0 Å². The molecule has 1 N–H and O–H groups in total. The fourth-order valence-corrected chi connectivity index (χ4v) is 2.62. The highest BCUT2D eigenvalue weighted by atomic mass is 19.2. The summed E-state index contributed by atoms with van der Waals surface area (Å²) < 4.78 is 49.9. The van der Waals surface area contributed by atoms with Crippen LogP contribution in [0.2, 0.25) is 0 Å². The highest BCUT2D eigenvalue weighted by Gasteiger charge is 2.26. The number of ether oxygens (including phenoxy) is 2. The molecule has 3 rings (SSSR count). The maximum Gasteiger partial charge on any atom is 0.326 e. The summed E-state index contributed by atoms with van der Waals surface area (Å²) in [5, 5.41) is 1.97. The molecule has 0 atom stereocenters. The molecule has 1 aliphatic rings. The van der Waals surface area contributed by atoms with Gasteiger partial charge in [0.2, 0.25) is 5.91 Å². The van der Waals surface area contributed by atoms with Crippen molar-refractivity contribution in [2.45, 2.75) is 6.42 Å². The molecular formula is C19H15F3N2O5. The minimum Gasteiger partial charge on any atom is -0.491 e. The van der Waals surface area contributed by atoms with Gasteiger partial charge in [-0.3, -0.25) is 19.3 Å². The first-order valence-electron chi connectivity index (χ1n) is 8.48. The molecule has 2 amide bonds. The van der Waals surface area contributed by atoms with E-state index in [9.17, 15) is 27.6 Å². The van der Waals surface area contributed by atoms with E-state index in [1.807, 2.05) is 5.32 Å². The normalized spacial score (nSPS) is 13.2. The largest absolute Gasteiger partial charge is 0.491 e. The summed E-state index contributed by atoms with van der Waals surface area (Å²) in [5.41, 5.74) is -0.209. The van der Waals surface area contributed by atoms with E-state index < -0.39 is 48.2 Å². The number of halogens is 3. The van der Waals surface area contributed by atoms with Crippen LogP contribution in [0.5, 0.6) is 5.75 Å². The predicted molar refractivity (Wildman–Crippen MR) is 94.8 cm³/mol. The number of carbonyl (C=O) groups excluding carboxylic acids is 3. The molecule has 0 aliphatic carbocycles. The fourth-order valence-electron chi connectivity index (χ4n) is 2.62. The molecule has 152 valence electrons. The van der Waals surface area contributed by atoms with E-state index in [1.54, 1.807) is 24.3 Å². The van der Waals surface area contributed by atoms with Crippen LogP contribution in [0.4, 0.5) is 24.5 Å². The standard InChI is InChI=1S/C19H15F3N2O5/c20-11-5-6-12(19(22)18(11)21)23-15(25)10-29-17(27)9-24-13-3-1-2-4-14(13)28-8-7-16(24)26/h1-6H,7-10H2,(H,23,25). The molecule has 1 aliphatic heterocycles. The van der Waals surface area contributed by atoms with Gasteiger partial charge in [-0.2, -0.15) is 0 Å². The Bertz CT molecular complexity index is 967. The number of para-hydroxylation sites is 2. The van der Waals surface area contributed by atoms with Crippen LogP contribution in [-0.2, 0) is 19.1 Å². The maximum atomic E-state index is 13.6. The Morgan fingerprint density at radius 3 is 2.66 bits per heavy atom. The van der Waals surface area contributed by atoms with Crippen LogP contribution in [0.25, 0.3) is 0 Å². The molecule has 0 spiro atoms. The zero-order valence-corrected chi connectivity index (χ0v) is 14.9. The number of rotatable bonds is 5. The number of anilines is 2. The van der Waals surface area contributed by atoms with Crippen molar-refractivity contribution < 1.29 is 37.0 Å². The van der Waals surface area contributed by atoms with Gasteiger partial charge in [0.05, 0.1) is 24.4 Å². The van der Waals surface area contributed by atoms with Crippen molar-refractivity contribution in [3.8, 4) is 5.75 Å². The number of nitrogens with zero attached hydrogens (tertiary/aromatic N) is 1. The van der Waals surface area contributed by atoms with E-state index in [2.05, 4.69) is 0 Å². The van der Waals surface area contributed by atoms with Gasteiger partial charge in [-0.15, -0.1) is 0 Å². The van der Waals surface area contributed by atoms with E-state index in [-0.39, 0.29) is 18.9 Å². The number of amides is 2. The summed E-state index contributed by atoms with van der Waals surface area (Å²) in [6.45, 7) is -1.12. The quantitative estimate of drug-likeness (QED) is 0.607. The van der Waals surface area contributed by atoms with Gasteiger partial charge >= 0.3 is 5.97 Å². The first-order valence-corrected chi connectivity index (χ1v) is 8.48. The smallest absolute Gasteiger partial charge is 0.326 e. The van der Waals surface area contributed by atoms with Gasteiger partial charge in [0.15, 0.2) is 24.1 Å². The highest BCUT2D eigenvalue weighted by molar-refractivity contribution is 6.00. The summed E-state index contributed by atoms with van der Waals surface area (Å²) in [4.78, 5) is 37.3. The SMILES string of the molecule is O=C(COC(=O)CN1C(=O)CCOc2ccccc21)Nc1ccc(F)c(F)c1F. The zero-order chi connectivity index (χ0) is 21.0. The predicted octanol–water partition coefficient (Wildman–Crippen LogP) is 2.40. The minimum atomic E-state index is -1.74. The number of hydrogen-bond donors (Lipinski definition) is 1. The summed E-state index contributed by atoms with van der Waals surface area (Å²) in [7, 11) is 0. The maximum absolute atomic E-state index is 13.6. The molecule has 0 bridgehead atoms. The topological polar surface area (TPSA) is 84.9 Å². The second-order valence-electron chi connectivity index (χ2n) is 5.98. The number of carbonyl (C=O) groups is 3. The summed E-state index contributed by atoms with van der Waals surface area (Å²) >= 11 is 0. The molecule has 0 unspecified atom stereocenters. The van der Waals surface area contributed by atoms with E-state index in [0.29, 0.717) is 17.5 Å². The molecule has 0 saturated carbocycles. The molecular weight excluding hydrogens is 393 g/mol. The number of hydrogen-bond acceptors (Lipinski definition) is 5. The van der Waals surface area contributed by atoms with Gasteiger partial charge in [-0.25, -0.2) is 13.2 Å². The van der Waals surface area contributed by atoms with Crippen LogP contribution in [0.1, 0.15) is 6.42 Å². The van der Waals surface area contributed by atoms with Crippen molar-refractivity contribution in [2.24, 2.45) is 0 Å². The van der Waals surface area contributed by atoms with Crippen molar-refractivity contribution in [1.82, 2.24) is 0 Å². The first kappa shape index (κ1) is 20.2. The molecule has 2 aromatic rings. The van der Waals surface area contributed by atoms with Gasteiger partial charge < -0.3 is 14.8 Å². The van der Waals surface area contributed by atoms with Gasteiger partial charge in [0, 0.05) is 0 Å². The molecule has 0 radical (unpaired) electrons. The Hall–Kier alpha value is -3.56. The average Bonchev–Trinajstić information content (AvgIpc) is 2.86. The monoisotopic (exact) mass is 408 g/mol. The Morgan fingerprint density at radius 2 is 1.86 bits per heavy atom. The molecule has 7 nitrogen and oxygen atoms in total. The number of benzene rings is 2. The lowest BCUT2D eigenvalue weighted by atomic mass is 10.2. The van der Waals surface area contributed by atoms with Crippen LogP contribution in [0.15, 0.2) is 36.4 Å².